The number of nitrogens with zero attached hydrogens (tertiary/aromatic N) is 1. The Labute approximate surface area is 128 Å². The number of hydrogen-bond acceptors (Lipinski definition) is 2. The van der Waals surface area contributed by atoms with Gasteiger partial charge >= 0.3 is 0 Å². The quantitative estimate of drug-likeness (QED) is 0.744. The summed E-state index contributed by atoms with van der Waals surface area (Å²) in [5, 5.41) is 3.54. The van der Waals surface area contributed by atoms with E-state index in [1.165, 1.54) is 18.4 Å². The third kappa shape index (κ3) is 4.31. The van der Waals surface area contributed by atoms with Crippen molar-refractivity contribution in [1.82, 2.24) is 10.2 Å². The fraction of sp³-hybridized carbons (Fsp3) is 0.611. The van der Waals surface area contributed by atoms with Crippen LogP contribution in [0.5, 0.6) is 0 Å². The average Bonchev–Trinajstić information content (AvgIpc) is 2.78. The van der Waals surface area contributed by atoms with Gasteiger partial charge in [-0.25, -0.2) is 0 Å². The summed E-state index contributed by atoms with van der Waals surface area (Å²) in [4.78, 5) is 14.7. The second-order valence-corrected chi connectivity index (χ2v) is 5.95. The van der Waals surface area contributed by atoms with Crippen LogP contribution in [0.4, 0.5) is 0 Å². The lowest BCUT2D eigenvalue weighted by atomic mass is 10.1. The van der Waals surface area contributed by atoms with Crippen LogP contribution in [-0.2, 0) is 11.2 Å². The summed E-state index contributed by atoms with van der Waals surface area (Å²) in [6.07, 6.45) is 6.68. The number of unbranched alkanes of at least 4 members (excludes halogenated alkanes) is 2. The van der Waals surface area contributed by atoms with Gasteiger partial charge in [0.15, 0.2) is 0 Å². The number of nitrogens with one attached hydrogen (secondary N) is 1. The fourth-order valence-corrected chi connectivity index (χ4v) is 3.05. The molecular formula is C18H28N2O. The molecule has 2 unspecified atom stereocenters. The van der Waals surface area contributed by atoms with Gasteiger partial charge in [0.2, 0.25) is 5.91 Å². The van der Waals surface area contributed by atoms with E-state index in [9.17, 15) is 4.79 Å². The smallest absolute Gasteiger partial charge is 0.241 e. The summed E-state index contributed by atoms with van der Waals surface area (Å²) < 4.78 is 0. The molecule has 1 N–H and O–H groups in total. The Hall–Kier alpha value is -1.35. The predicted octanol–water partition coefficient (Wildman–Crippen LogP) is 3.35. The molecular weight excluding hydrogens is 260 g/mol. The van der Waals surface area contributed by atoms with Crippen molar-refractivity contribution >= 4 is 5.91 Å². The molecule has 1 fully saturated rings. The topological polar surface area (TPSA) is 32.3 Å². The van der Waals surface area contributed by atoms with Gasteiger partial charge in [-0.1, -0.05) is 63.4 Å². The van der Waals surface area contributed by atoms with Crippen molar-refractivity contribution in [3.8, 4) is 0 Å². The van der Waals surface area contributed by atoms with Crippen molar-refractivity contribution in [2.45, 2.75) is 64.6 Å². The highest BCUT2D eigenvalue weighted by atomic mass is 16.2. The minimum Gasteiger partial charge on any atom is -0.326 e. The number of amides is 1. The van der Waals surface area contributed by atoms with Gasteiger partial charge in [-0.3, -0.25) is 10.1 Å². The zero-order valence-corrected chi connectivity index (χ0v) is 13.3. The van der Waals surface area contributed by atoms with Crippen molar-refractivity contribution in [3.05, 3.63) is 35.9 Å². The van der Waals surface area contributed by atoms with Crippen LogP contribution in [0.3, 0.4) is 0 Å². The Balaban J connectivity index is 1.98. The largest absolute Gasteiger partial charge is 0.326 e. The van der Waals surface area contributed by atoms with Gasteiger partial charge in [-0.05, 0) is 24.8 Å². The maximum Gasteiger partial charge on any atom is 0.241 e. The molecule has 0 bridgehead atoms. The Morgan fingerprint density at radius 1 is 1.10 bits per heavy atom. The number of rotatable bonds is 8. The first-order chi connectivity index (χ1) is 10.3. The molecule has 2 rings (SSSR count). The molecule has 0 saturated carbocycles. The molecule has 0 aliphatic carbocycles. The molecule has 116 valence electrons. The first-order valence-electron chi connectivity index (χ1n) is 8.36. The monoisotopic (exact) mass is 288 g/mol. The van der Waals surface area contributed by atoms with E-state index in [2.05, 4.69) is 36.2 Å². The van der Waals surface area contributed by atoms with E-state index in [1.54, 1.807) is 0 Å². The van der Waals surface area contributed by atoms with Gasteiger partial charge in [-0.2, -0.15) is 0 Å². The fourth-order valence-electron chi connectivity index (χ4n) is 3.05. The number of carbonyl (C=O) groups is 1. The van der Waals surface area contributed by atoms with Crippen LogP contribution in [0.25, 0.3) is 0 Å². The standard InChI is InChI=1S/C18H28N2O/c1-3-5-9-13-20-17(10-4-2)19-16(18(20)21)14-15-11-7-6-8-12-15/h6-8,11-12,16-17,19H,3-5,9-10,13-14H2,1-2H3. The summed E-state index contributed by atoms with van der Waals surface area (Å²) in [5.74, 6) is 0.286. The van der Waals surface area contributed by atoms with Gasteiger partial charge < -0.3 is 4.90 Å². The molecule has 1 aliphatic heterocycles. The molecule has 0 aromatic heterocycles. The van der Waals surface area contributed by atoms with Gasteiger partial charge in [-0.15, -0.1) is 0 Å². The second kappa shape index (κ2) is 8.18. The van der Waals surface area contributed by atoms with E-state index in [0.717, 1.165) is 32.2 Å². The van der Waals surface area contributed by atoms with E-state index < -0.39 is 0 Å². The molecule has 1 aromatic rings. The van der Waals surface area contributed by atoms with E-state index in [1.807, 2.05) is 18.2 Å². The molecule has 1 heterocycles. The normalized spacial score (nSPS) is 22.0. The molecule has 3 nitrogen and oxygen atoms in total. The summed E-state index contributed by atoms with van der Waals surface area (Å²) in [6.45, 7) is 5.28. The zero-order valence-electron chi connectivity index (χ0n) is 13.3. The van der Waals surface area contributed by atoms with Crippen LogP contribution in [0.15, 0.2) is 30.3 Å². The highest BCUT2D eigenvalue weighted by molar-refractivity contribution is 5.84. The minimum absolute atomic E-state index is 0.0504. The lowest BCUT2D eigenvalue weighted by molar-refractivity contribution is -0.130. The molecule has 1 aromatic carbocycles. The van der Waals surface area contributed by atoms with E-state index in [4.69, 9.17) is 0 Å². The van der Waals surface area contributed by atoms with Gasteiger partial charge in [0.05, 0.1) is 12.2 Å². The molecule has 3 heteroatoms. The average molecular weight is 288 g/mol. The Kier molecular flexibility index (Phi) is 6.24. The van der Waals surface area contributed by atoms with Crippen LogP contribution in [0.1, 0.15) is 51.5 Å². The summed E-state index contributed by atoms with van der Waals surface area (Å²) in [5.41, 5.74) is 1.23. The number of hydrogen-bond donors (Lipinski definition) is 1. The van der Waals surface area contributed by atoms with E-state index in [0.29, 0.717) is 0 Å². The maximum absolute atomic E-state index is 12.7. The molecule has 1 aliphatic rings. The lowest BCUT2D eigenvalue weighted by Crippen LogP contribution is -2.37. The maximum atomic E-state index is 12.7. The molecule has 1 saturated heterocycles. The first-order valence-corrected chi connectivity index (χ1v) is 8.36. The Bertz CT molecular complexity index is 432. The summed E-state index contributed by atoms with van der Waals surface area (Å²) >= 11 is 0. The molecule has 0 radical (unpaired) electrons. The van der Waals surface area contributed by atoms with Gasteiger partial charge in [0.25, 0.3) is 0 Å². The van der Waals surface area contributed by atoms with Crippen LogP contribution in [0.2, 0.25) is 0 Å². The highest BCUT2D eigenvalue weighted by Gasteiger charge is 2.37. The molecule has 0 spiro atoms. The Morgan fingerprint density at radius 3 is 2.52 bits per heavy atom. The number of carbonyl (C=O) groups excluding carboxylic acids is 1. The van der Waals surface area contributed by atoms with Crippen molar-refractivity contribution in [3.63, 3.8) is 0 Å². The van der Waals surface area contributed by atoms with Crippen LogP contribution in [-0.4, -0.2) is 29.6 Å². The van der Waals surface area contributed by atoms with E-state index in [-0.39, 0.29) is 18.1 Å². The van der Waals surface area contributed by atoms with Crippen LogP contribution in [0, 0.1) is 0 Å². The van der Waals surface area contributed by atoms with E-state index >= 15 is 0 Å². The van der Waals surface area contributed by atoms with Crippen molar-refractivity contribution in [2.24, 2.45) is 0 Å². The van der Waals surface area contributed by atoms with Gasteiger partial charge in [0.1, 0.15) is 0 Å². The molecule has 21 heavy (non-hydrogen) atoms. The molecule has 2 atom stereocenters. The van der Waals surface area contributed by atoms with Crippen LogP contribution >= 0.6 is 0 Å². The van der Waals surface area contributed by atoms with Crippen molar-refractivity contribution < 1.29 is 4.79 Å². The zero-order chi connectivity index (χ0) is 15.1. The molecule has 1 amide bonds. The van der Waals surface area contributed by atoms with Crippen LogP contribution < -0.4 is 5.32 Å². The number of benzene rings is 1. The summed E-state index contributed by atoms with van der Waals surface area (Å²) in [6, 6.07) is 10.2. The third-order valence-electron chi connectivity index (χ3n) is 4.20. The first kappa shape index (κ1) is 16.0. The van der Waals surface area contributed by atoms with Gasteiger partial charge in [0, 0.05) is 6.54 Å². The summed E-state index contributed by atoms with van der Waals surface area (Å²) in [7, 11) is 0. The third-order valence-corrected chi connectivity index (χ3v) is 4.20. The van der Waals surface area contributed by atoms with Crippen molar-refractivity contribution in [2.75, 3.05) is 6.54 Å². The van der Waals surface area contributed by atoms with Crippen molar-refractivity contribution in [1.29, 1.82) is 0 Å². The minimum atomic E-state index is -0.0504. The highest BCUT2D eigenvalue weighted by Crippen LogP contribution is 2.19. The SMILES string of the molecule is CCCCCN1C(=O)C(Cc2ccccc2)NC1CCC. The Morgan fingerprint density at radius 2 is 1.86 bits per heavy atom. The lowest BCUT2D eigenvalue weighted by Gasteiger charge is -2.23. The second-order valence-electron chi connectivity index (χ2n) is 5.95. The predicted molar refractivity (Wildman–Crippen MR) is 87.0 cm³/mol.